The standard InChI is InChI=1S/C12H14BrN3O/c1-9(4-5-13)7-16-12(17)11-3-2-10(6-14)8-15-11/h2-3,8-9H,4-5,7H2,1H3,(H,16,17). The van der Waals surface area contributed by atoms with Crippen LogP contribution in [0.25, 0.3) is 0 Å². The molecule has 0 aliphatic heterocycles. The number of pyridine rings is 1. The Morgan fingerprint density at radius 1 is 1.65 bits per heavy atom. The van der Waals surface area contributed by atoms with Crippen LogP contribution < -0.4 is 5.32 Å². The largest absolute Gasteiger partial charge is 0.350 e. The fraction of sp³-hybridized carbons (Fsp3) is 0.417. The van der Waals surface area contributed by atoms with E-state index in [9.17, 15) is 4.79 Å². The Morgan fingerprint density at radius 2 is 2.41 bits per heavy atom. The number of carbonyl (C=O) groups excluding carboxylic acids is 1. The molecule has 1 unspecified atom stereocenters. The van der Waals surface area contributed by atoms with Gasteiger partial charge in [0.25, 0.3) is 5.91 Å². The van der Waals surface area contributed by atoms with Crippen molar-refractivity contribution in [1.82, 2.24) is 10.3 Å². The molecule has 1 atom stereocenters. The lowest BCUT2D eigenvalue weighted by molar-refractivity contribution is 0.0943. The maximum atomic E-state index is 11.7. The van der Waals surface area contributed by atoms with Crippen molar-refractivity contribution in [1.29, 1.82) is 5.26 Å². The van der Waals surface area contributed by atoms with Gasteiger partial charge in [-0.2, -0.15) is 5.26 Å². The maximum Gasteiger partial charge on any atom is 0.269 e. The minimum absolute atomic E-state index is 0.198. The zero-order valence-corrected chi connectivity index (χ0v) is 11.2. The monoisotopic (exact) mass is 295 g/mol. The lowest BCUT2D eigenvalue weighted by Gasteiger charge is -2.10. The summed E-state index contributed by atoms with van der Waals surface area (Å²) in [4.78, 5) is 15.6. The Kier molecular flexibility index (Phi) is 5.64. The third kappa shape index (κ3) is 4.53. The molecule has 1 aromatic heterocycles. The van der Waals surface area contributed by atoms with Crippen LogP contribution in [-0.2, 0) is 0 Å². The fourth-order valence-electron chi connectivity index (χ4n) is 1.24. The highest BCUT2D eigenvalue weighted by Crippen LogP contribution is 2.03. The Morgan fingerprint density at radius 3 is 2.94 bits per heavy atom. The second-order valence-corrected chi connectivity index (χ2v) is 4.63. The fourth-order valence-corrected chi connectivity index (χ4v) is 2.02. The van der Waals surface area contributed by atoms with Gasteiger partial charge < -0.3 is 5.32 Å². The molecule has 5 heteroatoms. The van der Waals surface area contributed by atoms with Crippen molar-refractivity contribution in [3.05, 3.63) is 29.6 Å². The Labute approximate surface area is 109 Å². The van der Waals surface area contributed by atoms with E-state index in [-0.39, 0.29) is 5.91 Å². The highest BCUT2D eigenvalue weighted by atomic mass is 79.9. The van der Waals surface area contributed by atoms with Crippen molar-refractivity contribution in [3.63, 3.8) is 0 Å². The van der Waals surface area contributed by atoms with Crippen LogP contribution in [0.5, 0.6) is 0 Å². The molecule has 0 radical (unpaired) electrons. The highest BCUT2D eigenvalue weighted by Gasteiger charge is 2.08. The molecule has 1 amide bonds. The van der Waals surface area contributed by atoms with E-state index in [1.807, 2.05) is 6.07 Å². The Bertz CT molecular complexity index is 411. The molecule has 17 heavy (non-hydrogen) atoms. The number of nitrogens with zero attached hydrogens (tertiary/aromatic N) is 2. The summed E-state index contributed by atoms with van der Waals surface area (Å²) in [6.45, 7) is 2.71. The topological polar surface area (TPSA) is 65.8 Å². The van der Waals surface area contributed by atoms with Crippen molar-refractivity contribution in [3.8, 4) is 6.07 Å². The van der Waals surface area contributed by atoms with Gasteiger partial charge in [-0.15, -0.1) is 0 Å². The molecule has 4 nitrogen and oxygen atoms in total. The summed E-state index contributed by atoms with van der Waals surface area (Å²) < 4.78 is 0. The van der Waals surface area contributed by atoms with Crippen LogP contribution in [0.2, 0.25) is 0 Å². The van der Waals surface area contributed by atoms with Crippen molar-refractivity contribution >= 4 is 21.8 Å². The third-order valence-corrected chi connectivity index (χ3v) is 2.80. The van der Waals surface area contributed by atoms with Crippen LogP contribution in [0, 0.1) is 17.2 Å². The summed E-state index contributed by atoms with van der Waals surface area (Å²) in [5.41, 5.74) is 0.796. The zero-order valence-electron chi connectivity index (χ0n) is 9.61. The van der Waals surface area contributed by atoms with E-state index in [2.05, 4.69) is 33.2 Å². The summed E-state index contributed by atoms with van der Waals surface area (Å²) in [5, 5.41) is 12.4. The van der Waals surface area contributed by atoms with Crippen LogP contribution in [0.15, 0.2) is 18.3 Å². The molecule has 0 aliphatic rings. The Balaban J connectivity index is 2.50. The van der Waals surface area contributed by atoms with Crippen LogP contribution in [0.4, 0.5) is 0 Å². The number of rotatable bonds is 5. The lowest BCUT2D eigenvalue weighted by Crippen LogP contribution is -2.29. The normalized spacial score (nSPS) is 11.6. The van der Waals surface area contributed by atoms with E-state index in [1.54, 1.807) is 12.1 Å². The van der Waals surface area contributed by atoms with Crippen LogP contribution in [0.1, 0.15) is 29.4 Å². The number of hydrogen-bond acceptors (Lipinski definition) is 3. The Hall–Kier alpha value is -1.41. The number of alkyl halides is 1. The molecular formula is C12H14BrN3O. The predicted molar refractivity (Wildman–Crippen MR) is 68.9 cm³/mol. The van der Waals surface area contributed by atoms with Gasteiger partial charge in [0.05, 0.1) is 5.56 Å². The zero-order chi connectivity index (χ0) is 12.7. The van der Waals surface area contributed by atoms with E-state index in [4.69, 9.17) is 5.26 Å². The van der Waals surface area contributed by atoms with Crippen molar-refractivity contribution in [2.45, 2.75) is 13.3 Å². The first-order valence-corrected chi connectivity index (χ1v) is 6.50. The molecule has 90 valence electrons. The van der Waals surface area contributed by atoms with Gasteiger partial charge in [-0.05, 0) is 24.5 Å². The van der Waals surface area contributed by atoms with E-state index in [0.717, 1.165) is 11.8 Å². The van der Waals surface area contributed by atoms with E-state index < -0.39 is 0 Å². The maximum absolute atomic E-state index is 11.7. The quantitative estimate of drug-likeness (QED) is 0.846. The molecular weight excluding hydrogens is 282 g/mol. The first kappa shape index (κ1) is 13.7. The molecule has 1 heterocycles. The molecule has 0 fully saturated rings. The van der Waals surface area contributed by atoms with Gasteiger partial charge in [0.15, 0.2) is 0 Å². The summed E-state index contributed by atoms with van der Waals surface area (Å²) in [6, 6.07) is 5.11. The van der Waals surface area contributed by atoms with Gasteiger partial charge in [-0.3, -0.25) is 4.79 Å². The molecule has 1 rings (SSSR count). The van der Waals surface area contributed by atoms with Crippen molar-refractivity contribution in [2.24, 2.45) is 5.92 Å². The molecule has 0 aromatic carbocycles. The van der Waals surface area contributed by atoms with Gasteiger partial charge in [-0.25, -0.2) is 4.98 Å². The van der Waals surface area contributed by atoms with Crippen molar-refractivity contribution in [2.75, 3.05) is 11.9 Å². The average Bonchev–Trinajstić information content (AvgIpc) is 2.36. The smallest absolute Gasteiger partial charge is 0.269 e. The number of halogens is 1. The SMILES string of the molecule is CC(CCBr)CNC(=O)c1ccc(C#N)cn1. The molecule has 0 aliphatic carbocycles. The van der Waals surface area contributed by atoms with Crippen LogP contribution in [0.3, 0.4) is 0 Å². The second-order valence-electron chi connectivity index (χ2n) is 3.84. The van der Waals surface area contributed by atoms with Crippen LogP contribution >= 0.6 is 15.9 Å². The number of aromatic nitrogens is 1. The summed E-state index contributed by atoms with van der Waals surface area (Å²) >= 11 is 3.36. The average molecular weight is 296 g/mol. The van der Waals surface area contributed by atoms with E-state index >= 15 is 0 Å². The van der Waals surface area contributed by atoms with Gasteiger partial charge in [0.1, 0.15) is 11.8 Å². The van der Waals surface area contributed by atoms with E-state index in [0.29, 0.717) is 23.7 Å². The van der Waals surface area contributed by atoms with Gasteiger partial charge in [-0.1, -0.05) is 22.9 Å². The summed E-state index contributed by atoms with van der Waals surface area (Å²) in [7, 11) is 0. The summed E-state index contributed by atoms with van der Waals surface area (Å²) in [6.07, 6.45) is 2.41. The first-order valence-electron chi connectivity index (χ1n) is 5.37. The number of hydrogen-bond donors (Lipinski definition) is 1. The molecule has 0 saturated carbocycles. The number of nitriles is 1. The lowest BCUT2D eigenvalue weighted by atomic mass is 10.1. The molecule has 1 aromatic rings. The molecule has 1 N–H and O–H groups in total. The van der Waals surface area contributed by atoms with Gasteiger partial charge in [0.2, 0.25) is 0 Å². The number of carbonyl (C=O) groups is 1. The predicted octanol–water partition coefficient (Wildman–Crippen LogP) is 2.10. The minimum atomic E-state index is -0.198. The molecule has 0 saturated heterocycles. The second kappa shape index (κ2) is 7.02. The molecule has 0 spiro atoms. The van der Waals surface area contributed by atoms with Gasteiger partial charge in [0, 0.05) is 18.1 Å². The summed E-state index contributed by atoms with van der Waals surface area (Å²) in [5.74, 6) is 0.229. The first-order chi connectivity index (χ1) is 8.17. The molecule has 0 bridgehead atoms. The minimum Gasteiger partial charge on any atom is -0.350 e. The van der Waals surface area contributed by atoms with Crippen LogP contribution in [-0.4, -0.2) is 22.8 Å². The van der Waals surface area contributed by atoms with Crippen molar-refractivity contribution < 1.29 is 4.79 Å². The van der Waals surface area contributed by atoms with E-state index in [1.165, 1.54) is 6.20 Å². The third-order valence-electron chi connectivity index (χ3n) is 2.34. The van der Waals surface area contributed by atoms with Gasteiger partial charge >= 0.3 is 0 Å². The number of amides is 1. The highest BCUT2D eigenvalue weighted by molar-refractivity contribution is 9.09. The number of nitrogens with one attached hydrogen (secondary N) is 1.